The van der Waals surface area contributed by atoms with Crippen LogP contribution in [-0.2, 0) is 23.7 Å². The van der Waals surface area contributed by atoms with Crippen molar-refractivity contribution in [3.05, 3.63) is 45.5 Å². The van der Waals surface area contributed by atoms with Crippen LogP contribution < -0.4 is 9.37 Å². The smallest absolute Gasteiger partial charge is 0.264 e. The molecule has 7 nitrogen and oxygen atoms in total. The molecule has 2 rings (SSSR count). The Bertz CT molecular complexity index is 927. The number of aryl methyl sites for hydroxylation is 2. The van der Waals surface area contributed by atoms with Crippen LogP contribution in [0.15, 0.2) is 34.7 Å². The first-order valence-electron chi connectivity index (χ1n) is 7.90. The van der Waals surface area contributed by atoms with Crippen LogP contribution in [0, 0.1) is 13.8 Å². The Hall–Kier alpha value is -1.84. The highest BCUT2D eigenvalue weighted by Gasteiger charge is 2.06. The van der Waals surface area contributed by atoms with Crippen molar-refractivity contribution in [2.45, 2.75) is 33.2 Å². The topological polar surface area (TPSA) is 87.9 Å². The molecular formula is C16H23N4O3S2+. The largest absolute Gasteiger partial charge is 0.322 e. The fraction of sp³-hybridized carbons (Fsp3) is 0.438. The summed E-state index contributed by atoms with van der Waals surface area (Å²) in [5.74, 6) is -0.204. The summed E-state index contributed by atoms with van der Waals surface area (Å²) >= 11 is 1.60. The average Bonchev–Trinajstić information content (AvgIpc) is 2.78. The molecule has 0 aliphatic heterocycles. The van der Waals surface area contributed by atoms with Crippen molar-refractivity contribution >= 4 is 27.7 Å². The van der Waals surface area contributed by atoms with Gasteiger partial charge in [0.2, 0.25) is 4.80 Å². The molecule has 136 valence electrons. The number of hydrogen-bond acceptors (Lipinski definition) is 5. The van der Waals surface area contributed by atoms with Crippen molar-refractivity contribution in [2.75, 3.05) is 5.75 Å². The van der Waals surface area contributed by atoms with Gasteiger partial charge in [-0.2, -0.15) is 13.5 Å². The minimum atomic E-state index is -3.87. The molecule has 9 heteroatoms. The van der Waals surface area contributed by atoms with E-state index in [1.807, 2.05) is 40.7 Å². The summed E-state index contributed by atoms with van der Waals surface area (Å²) in [5.41, 5.74) is 2.09. The van der Waals surface area contributed by atoms with E-state index in [0.29, 0.717) is 19.4 Å². The van der Waals surface area contributed by atoms with Crippen molar-refractivity contribution in [3.8, 4) is 0 Å². The van der Waals surface area contributed by atoms with Gasteiger partial charge in [0.25, 0.3) is 10.1 Å². The van der Waals surface area contributed by atoms with E-state index in [1.165, 1.54) is 10.6 Å². The van der Waals surface area contributed by atoms with Crippen LogP contribution >= 0.6 is 11.3 Å². The van der Waals surface area contributed by atoms with Gasteiger partial charge >= 0.3 is 0 Å². The van der Waals surface area contributed by atoms with Gasteiger partial charge in [-0.25, -0.2) is 4.57 Å². The molecule has 0 radical (unpaired) electrons. The normalized spacial score (nSPS) is 13.0. The third kappa shape index (κ3) is 6.18. The van der Waals surface area contributed by atoms with E-state index in [9.17, 15) is 8.42 Å². The average molecular weight is 384 g/mol. The lowest BCUT2D eigenvalue weighted by atomic mass is 10.3. The lowest BCUT2D eigenvalue weighted by Crippen LogP contribution is -2.33. The van der Waals surface area contributed by atoms with Gasteiger partial charge in [-0.05, 0) is 26.3 Å². The fourth-order valence-corrected chi connectivity index (χ4v) is 3.72. The van der Waals surface area contributed by atoms with Crippen molar-refractivity contribution < 1.29 is 17.5 Å². The molecule has 0 aliphatic rings. The zero-order valence-electron chi connectivity index (χ0n) is 14.6. The number of rotatable bonds is 7. The van der Waals surface area contributed by atoms with E-state index in [-0.39, 0.29) is 5.75 Å². The molecule has 0 unspecified atom stereocenters. The van der Waals surface area contributed by atoms with Gasteiger partial charge in [0.15, 0.2) is 12.4 Å². The van der Waals surface area contributed by atoms with Gasteiger partial charge in [-0.15, -0.1) is 16.4 Å². The summed E-state index contributed by atoms with van der Waals surface area (Å²) in [6, 6.07) is 3.84. The number of pyridine rings is 1. The monoisotopic (exact) mass is 383 g/mol. The third-order valence-corrected chi connectivity index (χ3v) is 5.79. The molecule has 2 aromatic heterocycles. The van der Waals surface area contributed by atoms with Crippen LogP contribution in [0.2, 0.25) is 0 Å². The highest BCUT2D eigenvalue weighted by Crippen LogP contribution is 2.07. The second-order valence-corrected chi connectivity index (χ2v) is 8.55. The van der Waals surface area contributed by atoms with Gasteiger partial charge in [0.05, 0.1) is 17.5 Å². The quantitative estimate of drug-likeness (QED) is 0.259. The molecule has 1 N–H and O–H groups in total. The lowest BCUT2D eigenvalue weighted by Gasteiger charge is -1.98. The second-order valence-electron chi connectivity index (χ2n) is 5.80. The summed E-state index contributed by atoms with van der Waals surface area (Å²) in [6.07, 6.45) is 6.62. The number of unbranched alkanes of at least 4 members (excludes halogenated alkanes) is 1. The van der Waals surface area contributed by atoms with E-state index in [4.69, 9.17) is 4.55 Å². The SMILES string of the molecule is Cc1sc(=NN=Cc2ccc[n+](CCCCS(=O)(=O)O)c2)n(C)c1C. The van der Waals surface area contributed by atoms with Crippen LogP contribution in [0.25, 0.3) is 0 Å². The maximum atomic E-state index is 10.7. The Balaban J connectivity index is 2.00. The van der Waals surface area contributed by atoms with Crippen LogP contribution in [0.3, 0.4) is 0 Å². The summed E-state index contributed by atoms with van der Waals surface area (Å²) in [4.78, 5) is 2.07. The Labute approximate surface area is 151 Å². The molecule has 25 heavy (non-hydrogen) atoms. The Morgan fingerprint density at radius 2 is 2.12 bits per heavy atom. The van der Waals surface area contributed by atoms with Crippen LogP contribution in [0.4, 0.5) is 0 Å². The highest BCUT2D eigenvalue weighted by molar-refractivity contribution is 7.85. The minimum absolute atomic E-state index is 0.204. The maximum Gasteiger partial charge on any atom is 0.264 e. The van der Waals surface area contributed by atoms with E-state index >= 15 is 0 Å². The predicted molar refractivity (Wildman–Crippen MR) is 98.2 cm³/mol. The van der Waals surface area contributed by atoms with E-state index in [1.54, 1.807) is 17.6 Å². The van der Waals surface area contributed by atoms with Gasteiger partial charge in [0.1, 0.15) is 6.54 Å². The molecule has 0 aromatic carbocycles. The molecule has 0 aliphatic carbocycles. The second kappa shape index (κ2) is 8.50. The molecule has 0 atom stereocenters. The first-order valence-corrected chi connectivity index (χ1v) is 10.3. The lowest BCUT2D eigenvalue weighted by molar-refractivity contribution is -0.697. The molecule has 0 fully saturated rings. The first kappa shape index (κ1) is 19.5. The zero-order chi connectivity index (χ0) is 18.4. The number of aromatic nitrogens is 2. The molecule has 0 saturated heterocycles. The van der Waals surface area contributed by atoms with Crippen molar-refractivity contribution in [1.82, 2.24) is 4.57 Å². The van der Waals surface area contributed by atoms with Crippen molar-refractivity contribution in [2.24, 2.45) is 17.3 Å². The molecular weight excluding hydrogens is 360 g/mol. The summed E-state index contributed by atoms with van der Waals surface area (Å²) < 4.78 is 34.1. The first-order chi connectivity index (χ1) is 11.8. The molecule has 0 spiro atoms. The van der Waals surface area contributed by atoms with E-state index in [2.05, 4.69) is 24.1 Å². The molecule has 0 amide bonds. The van der Waals surface area contributed by atoms with Crippen LogP contribution in [0.1, 0.15) is 29.0 Å². The number of thiazole rings is 1. The van der Waals surface area contributed by atoms with E-state index in [0.717, 1.165) is 10.4 Å². The molecule has 0 saturated carbocycles. The molecule has 2 heterocycles. The number of hydrogen-bond donors (Lipinski definition) is 1. The van der Waals surface area contributed by atoms with Gasteiger partial charge in [-0.3, -0.25) is 4.55 Å². The molecule has 2 aromatic rings. The predicted octanol–water partition coefficient (Wildman–Crippen LogP) is 1.59. The van der Waals surface area contributed by atoms with Crippen LogP contribution in [0.5, 0.6) is 0 Å². The van der Waals surface area contributed by atoms with Crippen LogP contribution in [-0.4, -0.2) is 29.5 Å². The Morgan fingerprint density at radius 1 is 1.36 bits per heavy atom. The Morgan fingerprint density at radius 3 is 2.76 bits per heavy atom. The fourth-order valence-electron chi connectivity index (χ4n) is 2.23. The minimum Gasteiger partial charge on any atom is -0.322 e. The van der Waals surface area contributed by atoms with E-state index < -0.39 is 10.1 Å². The number of nitrogens with zero attached hydrogens (tertiary/aromatic N) is 4. The van der Waals surface area contributed by atoms with Gasteiger partial charge < -0.3 is 4.57 Å². The van der Waals surface area contributed by atoms with Crippen molar-refractivity contribution in [1.29, 1.82) is 0 Å². The summed E-state index contributed by atoms with van der Waals surface area (Å²) in [7, 11) is -1.91. The zero-order valence-corrected chi connectivity index (χ0v) is 16.2. The Kier molecular flexibility index (Phi) is 6.63. The van der Waals surface area contributed by atoms with Crippen molar-refractivity contribution in [3.63, 3.8) is 0 Å². The highest BCUT2D eigenvalue weighted by atomic mass is 32.2. The standard InChI is InChI=1S/C16H22N4O3S2/c1-13-14(2)24-16(19(13)3)18-17-11-15-7-6-9-20(12-15)8-4-5-10-25(21,22)23/h6-7,9,11-12H,4-5,8,10H2,1-3H3/p+1. The molecule has 0 bridgehead atoms. The maximum absolute atomic E-state index is 10.7. The van der Waals surface area contributed by atoms with Gasteiger partial charge in [-0.1, -0.05) is 0 Å². The summed E-state index contributed by atoms with van der Waals surface area (Å²) in [5, 5.41) is 8.42. The summed E-state index contributed by atoms with van der Waals surface area (Å²) in [6.45, 7) is 4.79. The van der Waals surface area contributed by atoms with Gasteiger partial charge in [0, 0.05) is 30.1 Å². The third-order valence-electron chi connectivity index (χ3n) is 3.84.